The molecule has 1 amide bonds. The summed E-state index contributed by atoms with van der Waals surface area (Å²) in [4.78, 5) is 39.5. The number of carbonyl (C=O) groups is 3. The molecule has 3 aromatic heterocycles. The van der Waals surface area contributed by atoms with E-state index in [0.29, 0.717) is 30.2 Å². The molecule has 3 rings (SSSR count). The Balaban J connectivity index is 1.80. The second-order valence-electron chi connectivity index (χ2n) is 6.82. The molecule has 170 valence electrons. The van der Waals surface area contributed by atoms with Crippen molar-refractivity contribution >= 4 is 34.2 Å². The number of methoxy groups -OCH3 is 1. The van der Waals surface area contributed by atoms with Gasteiger partial charge in [-0.05, 0) is 43.7 Å². The smallest absolute Gasteiger partial charge is 0.348 e. The molecule has 0 aromatic carbocycles. The fraction of sp³-hybridized carbons (Fsp3) is 0.318. The maximum absolute atomic E-state index is 12.9. The summed E-state index contributed by atoms with van der Waals surface area (Å²) in [7, 11) is 1.25. The third-order valence-electron chi connectivity index (χ3n) is 4.54. The third-order valence-corrected chi connectivity index (χ3v) is 5.72. The van der Waals surface area contributed by atoms with Crippen molar-refractivity contribution in [2.45, 2.75) is 26.9 Å². The molecule has 32 heavy (non-hydrogen) atoms. The van der Waals surface area contributed by atoms with Crippen LogP contribution in [0.4, 0.5) is 5.00 Å². The number of anilines is 1. The number of rotatable bonds is 10. The second kappa shape index (κ2) is 10.8. The highest BCUT2D eigenvalue weighted by Gasteiger charge is 2.27. The van der Waals surface area contributed by atoms with Crippen molar-refractivity contribution in [2.24, 2.45) is 0 Å². The van der Waals surface area contributed by atoms with Crippen molar-refractivity contribution in [3.8, 4) is 0 Å². The minimum absolute atomic E-state index is 0.00578. The normalized spacial score (nSPS) is 10.9. The zero-order chi connectivity index (χ0) is 23.1. The molecule has 0 saturated carbocycles. The first kappa shape index (κ1) is 23.3. The maximum atomic E-state index is 12.9. The van der Waals surface area contributed by atoms with Crippen molar-refractivity contribution < 1.29 is 32.7 Å². The van der Waals surface area contributed by atoms with Gasteiger partial charge < -0.3 is 23.6 Å². The van der Waals surface area contributed by atoms with Crippen LogP contribution in [0, 0.1) is 6.92 Å². The van der Waals surface area contributed by atoms with Gasteiger partial charge in [0.2, 0.25) is 5.91 Å². The van der Waals surface area contributed by atoms with Crippen molar-refractivity contribution in [1.82, 2.24) is 4.90 Å². The van der Waals surface area contributed by atoms with E-state index in [1.54, 1.807) is 38.5 Å². The molecule has 0 aliphatic carbocycles. The van der Waals surface area contributed by atoms with E-state index in [1.807, 2.05) is 17.0 Å². The van der Waals surface area contributed by atoms with Gasteiger partial charge in [-0.2, -0.15) is 0 Å². The van der Waals surface area contributed by atoms with Crippen LogP contribution >= 0.6 is 11.3 Å². The van der Waals surface area contributed by atoms with E-state index in [0.717, 1.165) is 11.3 Å². The van der Waals surface area contributed by atoms with Gasteiger partial charge in [0.15, 0.2) is 0 Å². The Bertz CT molecular complexity index is 1020. The van der Waals surface area contributed by atoms with Crippen LogP contribution in [-0.2, 0) is 27.4 Å². The summed E-state index contributed by atoms with van der Waals surface area (Å²) < 4.78 is 20.7. The van der Waals surface area contributed by atoms with Crippen LogP contribution in [0.5, 0.6) is 0 Å². The van der Waals surface area contributed by atoms with E-state index in [4.69, 9.17) is 18.3 Å². The molecule has 0 aliphatic rings. The van der Waals surface area contributed by atoms with Crippen molar-refractivity contribution in [3.63, 3.8) is 0 Å². The second-order valence-corrected chi connectivity index (χ2v) is 7.85. The predicted octanol–water partition coefficient (Wildman–Crippen LogP) is 3.85. The van der Waals surface area contributed by atoms with Gasteiger partial charge in [0.25, 0.3) is 0 Å². The molecule has 0 fully saturated rings. The molecule has 0 saturated heterocycles. The Morgan fingerprint density at radius 2 is 1.69 bits per heavy atom. The molecule has 0 atom stereocenters. The van der Waals surface area contributed by atoms with Gasteiger partial charge in [-0.25, -0.2) is 9.59 Å². The van der Waals surface area contributed by atoms with Crippen LogP contribution < -0.4 is 5.32 Å². The number of esters is 2. The first-order chi connectivity index (χ1) is 15.4. The number of nitrogens with zero attached hydrogens (tertiary/aromatic N) is 1. The number of furan rings is 2. The van der Waals surface area contributed by atoms with Gasteiger partial charge in [0.1, 0.15) is 21.4 Å². The number of ether oxygens (including phenoxy) is 2. The largest absolute Gasteiger partial charge is 0.468 e. The Hall–Kier alpha value is -3.37. The summed E-state index contributed by atoms with van der Waals surface area (Å²) in [5.41, 5.74) is 0.549. The predicted molar refractivity (Wildman–Crippen MR) is 117 cm³/mol. The molecular weight excluding hydrogens is 436 g/mol. The van der Waals surface area contributed by atoms with Crippen molar-refractivity contribution in [3.05, 3.63) is 64.3 Å². The first-order valence-electron chi connectivity index (χ1n) is 9.88. The Morgan fingerprint density at radius 3 is 2.19 bits per heavy atom. The molecule has 1 N–H and O–H groups in total. The lowest BCUT2D eigenvalue weighted by molar-refractivity contribution is -0.117. The van der Waals surface area contributed by atoms with E-state index in [9.17, 15) is 14.4 Å². The van der Waals surface area contributed by atoms with Gasteiger partial charge in [-0.15, -0.1) is 11.3 Å². The standard InChI is InChI=1S/C22H24N2O7S/c1-4-29-21(26)18-14(2)19(22(27)28-3)32-20(18)23-17(25)13-24(11-15-7-5-9-30-15)12-16-8-6-10-31-16/h5-10H,4,11-13H2,1-3H3,(H,23,25). The highest BCUT2D eigenvalue weighted by molar-refractivity contribution is 7.18. The zero-order valence-electron chi connectivity index (χ0n) is 18.0. The van der Waals surface area contributed by atoms with Crippen LogP contribution in [-0.4, -0.2) is 43.0 Å². The van der Waals surface area contributed by atoms with Gasteiger partial charge >= 0.3 is 11.9 Å². The minimum atomic E-state index is -0.616. The monoisotopic (exact) mass is 460 g/mol. The van der Waals surface area contributed by atoms with Gasteiger partial charge in [-0.3, -0.25) is 9.69 Å². The van der Waals surface area contributed by atoms with E-state index >= 15 is 0 Å². The summed E-state index contributed by atoms with van der Waals surface area (Å²) in [6.45, 7) is 4.21. The molecule has 0 unspecified atom stereocenters. The van der Waals surface area contributed by atoms with Crippen molar-refractivity contribution in [2.75, 3.05) is 25.6 Å². The summed E-state index contributed by atoms with van der Waals surface area (Å²) in [6.07, 6.45) is 3.13. The van der Waals surface area contributed by atoms with E-state index in [1.165, 1.54) is 7.11 Å². The van der Waals surface area contributed by atoms with Crippen LogP contribution in [0.3, 0.4) is 0 Å². The summed E-state index contributed by atoms with van der Waals surface area (Å²) in [5.74, 6) is -0.190. The summed E-state index contributed by atoms with van der Waals surface area (Å²) >= 11 is 0.976. The average molecular weight is 461 g/mol. The number of carbonyl (C=O) groups excluding carboxylic acids is 3. The lowest BCUT2D eigenvalue weighted by Gasteiger charge is -2.19. The van der Waals surface area contributed by atoms with Crippen LogP contribution in [0.1, 0.15) is 44.0 Å². The quantitative estimate of drug-likeness (QED) is 0.454. The lowest BCUT2D eigenvalue weighted by atomic mass is 10.1. The fourth-order valence-corrected chi connectivity index (χ4v) is 4.25. The Labute approximate surface area is 188 Å². The minimum Gasteiger partial charge on any atom is -0.468 e. The van der Waals surface area contributed by atoms with Crippen LogP contribution in [0.2, 0.25) is 0 Å². The van der Waals surface area contributed by atoms with Gasteiger partial charge in [0.05, 0.1) is 51.4 Å². The van der Waals surface area contributed by atoms with Gasteiger partial charge in [0, 0.05) is 0 Å². The zero-order valence-corrected chi connectivity index (χ0v) is 18.8. The van der Waals surface area contributed by atoms with E-state index in [-0.39, 0.29) is 34.5 Å². The molecule has 0 aliphatic heterocycles. The highest BCUT2D eigenvalue weighted by Crippen LogP contribution is 2.34. The highest BCUT2D eigenvalue weighted by atomic mass is 32.1. The first-order valence-corrected chi connectivity index (χ1v) is 10.7. The maximum Gasteiger partial charge on any atom is 0.348 e. The lowest BCUT2D eigenvalue weighted by Crippen LogP contribution is -2.32. The van der Waals surface area contributed by atoms with Crippen LogP contribution in [0.15, 0.2) is 45.6 Å². The molecule has 3 aromatic rings. The molecule has 3 heterocycles. The summed E-state index contributed by atoms with van der Waals surface area (Å²) in [6, 6.07) is 7.18. The SMILES string of the molecule is CCOC(=O)c1c(NC(=O)CN(Cc2ccco2)Cc2ccco2)sc(C(=O)OC)c1C. The molecule has 0 radical (unpaired) electrons. The number of hydrogen-bond acceptors (Lipinski definition) is 9. The molecule has 0 spiro atoms. The van der Waals surface area contributed by atoms with Crippen LogP contribution in [0.25, 0.3) is 0 Å². The molecule has 10 heteroatoms. The van der Waals surface area contributed by atoms with Crippen molar-refractivity contribution in [1.29, 1.82) is 0 Å². The van der Waals surface area contributed by atoms with E-state index in [2.05, 4.69) is 5.32 Å². The third kappa shape index (κ3) is 5.65. The number of nitrogens with one attached hydrogen (secondary N) is 1. The Kier molecular flexibility index (Phi) is 7.85. The fourth-order valence-electron chi connectivity index (χ4n) is 3.12. The van der Waals surface area contributed by atoms with E-state index < -0.39 is 11.9 Å². The molecular formula is C22H24N2O7S. The number of amides is 1. The van der Waals surface area contributed by atoms with Gasteiger partial charge in [-0.1, -0.05) is 0 Å². The molecule has 9 nitrogen and oxygen atoms in total. The topological polar surface area (TPSA) is 111 Å². The number of hydrogen-bond donors (Lipinski definition) is 1. The summed E-state index contributed by atoms with van der Waals surface area (Å²) in [5, 5.41) is 2.99. The average Bonchev–Trinajstić information content (AvgIpc) is 3.50. The number of thiophene rings is 1. The Morgan fingerprint density at radius 1 is 1.06 bits per heavy atom. The molecule has 0 bridgehead atoms.